The van der Waals surface area contributed by atoms with Gasteiger partial charge in [0.25, 0.3) is 0 Å². The highest BCUT2D eigenvalue weighted by Gasteiger charge is 2.29. The van der Waals surface area contributed by atoms with E-state index in [0.717, 1.165) is 19.4 Å². The average Bonchev–Trinajstić information content (AvgIpc) is 2.37. The molecule has 0 bridgehead atoms. The molecule has 3 N–H and O–H groups in total. The van der Waals surface area contributed by atoms with Crippen LogP contribution in [0.25, 0.3) is 0 Å². The summed E-state index contributed by atoms with van der Waals surface area (Å²) >= 11 is 0. The fourth-order valence-corrected chi connectivity index (χ4v) is 2.65. The summed E-state index contributed by atoms with van der Waals surface area (Å²) < 4.78 is 0. The maximum Gasteiger partial charge on any atom is 0.243 e. The monoisotopic (exact) mass is 333 g/mol. The number of hydrogen-bond acceptors (Lipinski definition) is 3. The van der Waals surface area contributed by atoms with Gasteiger partial charge in [-0.15, -0.1) is 12.4 Å². The zero-order valence-corrected chi connectivity index (χ0v) is 15.3. The van der Waals surface area contributed by atoms with E-state index in [1.54, 1.807) is 0 Å². The van der Waals surface area contributed by atoms with E-state index in [4.69, 9.17) is 0 Å². The van der Waals surface area contributed by atoms with Gasteiger partial charge in [0.15, 0.2) is 0 Å². The van der Waals surface area contributed by atoms with Crippen LogP contribution in [-0.4, -0.2) is 36.5 Å². The molecule has 22 heavy (non-hydrogen) atoms. The number of halogens is 1. The Balaban J connectivity index is 0.00000441. The predicted octanol–water partition coefficient (Wildman–Crippen LogP) is 1.85. The zero-order chi connectivity index (χ0) is 16.0. The van der Waals surface area contributed by atoms with E-state index in [0.29, 0.717) is 12.3 Å². The fourth-order valence-electron chi connectivity index (χ4n) is 2.65. The van der Waals surface area contributed by atoms with Crippen LogP contribution in [0.3, 0.4) is 0 Å². The van der Waals surface area contributed by atoms with E-state index in [2.05, 4.69) is 22.9 Å². The van der Waals surface area contributed by atoms with Gasteiger partial charge in [-0.05, 0) is 38.1 Å². The molecule has 1 aliphatic heterocycles. The molecule has 1 aliphatic rings. The van der Waals surface area contributed by atoms with Gasteiger partial charge in [0.2, 0.25) is 11.8 Å². The molecule has 0 aromatic rings. The van der Waals surface area contributed by atoms with E-state index < -0.39 is 6.04 Å². The molecule has 1 fully saturated rings. The van der Waals surface area contributed by atoms with Crippen LogP contribution in [-0.2, 0) is 9.59 Å². The standard InChI is InChI=1S/C16H31N3O2.ClH/c1-10(2)9-14(20)19-15(11(3)4)16(21)18-13-7-6-8-17-12(13)5;/h10-13,15,17H,6-9H2,1-5H3,(H,18,21)(H,19,20);1H. The van der Waals surface area contributed by atoms with Crippen molar-refractivity contribution in [2.24, 2.45) is 11.8 Å². The summed E-state index contributed by atoms with van der Waals surface area (Å²) in [5, 5.41) is 9.34. The molecule has 5 nitrogen and oxygen atoms in total. The second-order valence-corrected chi connectivity index (χ2v) is 6.89. The first-order valence-electron chi connectivity index (χ1n) is 8.14. The van der Waals surface area contributed by atoms with Crippen LogP contribution in [0, 0.1) is 11.8 Å². The summed E-state index contributed by atoms with van der Waals surface area (Å²) in [5.74, 6) is 0.257. The van der Waals surface area contributed by atoms with Crippen molar-refractivity contribution in [3.63, 3.8) is 0 Å². The van der Waals surface area contributed by atoms with Gasteiger partial charge < -0.3 is 16.0 Å². The molecule has 0 spiro atoms. The topological polar surface area (TPSA) is 70.2 Å². The van der Waals surface area contributed by atoms with E-state index in [-0.39, 0.29) is 42.2 Å². The minimum absolute atomic E-state index is 0. The SMILES string of the molecule is CC(C)CC(=O)NC(C(=O)NC1CCCNC1C)C(C)C.Cl. The van der Waals surface area contributed by atoms with Gasteiger partial charge in [0.05, 0.1) is 0 Å². The highest BCUT2D eigenvalue weighted by Crippen LogP contribution is 2.10. The first kappa shape index (κ1) is 21.2. The van der Waals surface area contributed by atoms with E-state index in [1.165, 1.54) is 0 Å². The van der Waals surface area contributed by atoms with Crippen LogP contribution in [0.1, 0.15) is 53.9 Å². The molecule has 3 atom stereocenters. The molecular weight excluding hydrogens is 302 g/mol. The summed E-state index contributed by atoms with van der Waals surface area (Å²) in [6, 6.07) is -0.0262. The molecular formula is C16H32ClN3O2. The number of rotatable bonds is 6. The Hall–Kier alpha value is -0.810. The molecule has 0 aromatic carbocycles. The maximum absolute atomic E-state index is 12.5. The number of nitrogens with one attached hydrogen (secondary N) is 3. The van der Waals surface area contributed by atoms with Gasteiger partial charge in [-0.1, -0.05) is 27.7 Å². The average molecular weight is 334 g/mol. The lowest BCUT2D eigenvalue weighted by Gasteiger charge is -2.32. The normalized spacial score (nSPS) is 22.9. The molecule has 6 heteroatoms. The van der Waals surface area contributed by atoms with Crippen molar-refractivity contribution in [2.45, 2.75) is 72.0 Å². The van der Waals surface area contributed by atoms with E-state index >= 15 is 0 Å². The third kappa shape index (κ3) is 6.97. The smallest absolute Gasteiger partial charge is 0.243 e. The van der Waals surface area contributed by atoms with Crippen LogP contribution in [0.4, 0.5) is 0 Å². The predicted molar refractivity (Wildman–Crippen MR) is 92.1 cm³/mol. The van der Waals surface area contributed by atoms with Crippen molar-refractivity contribution in [1.82, 2.24) is 16.0 Å². The summed E-state index contributed by atoms with van der Waals surface area (Å²) in [6.07, 6.45) is 2.52. The van der Waals surface area contributed by atoms with Crippen molar-refractivity contribution in [2.75, 3.05) is 6.54 Å². The molecule has 130 valence electrons. The number of hydrogen-bond donors (Lipinski definition) is 3. The fraction of sp³-hybridized carbons (Fsp3) is 0.875. The highest BCUT2D eigenvalue weighted by molar-refractivity contribution is 5.88. The Labute approximate surface area is 140 Å². The first-order chi connectivity index (χ1) is 9.81. The van der Waals surface area contributed by atoms with Crippen LogP contribution < -0.4 is 16.0 Å². The summed E-state index contributed by atoms with van der Waals surface area (Å²) in [5.41, 5.74) is 0. The van der Waals surface area contributed by atoms with Gasteiger partial charge in [0.1, 0.15) is 6.04 Å². The molecule has 1 heterocycles. The van der Waals surface area contributed by atoms with E-state index in [1.807, 2.05) is 27.7 Å². The Morgan fingerprint density at radius 1 is 1.23 bits per heavy atom. The molecule has 3 unspecified atom stereocenters. The quantitative estimate of drug-likeness (QED) is 0.694. The number of piperidine rings is 1. The minimum Gasteiger partial charge on any atom is -0.350 e. The van der Waals surface area contributed by atoms with Crippen molar-refractivity contribution in [3.05, 3.63) is 0 Å². The molecule has 2 amide bonds. The van der Waals surface area contributed by atoms with Gasteiger partial charge in [-0.25, -0.2) is 0 Å². The second-order valence-electron chi connectivity index (χ2n) is 6.89. The summed E-state index contributed by atoms with van der Waals surface area (Å²) in [6.45, 7) is 11.0. The summed E-state index contributed by atoms with van der Waals surface area (Å²) in [7, 11) is 0. The number of carbonyl (C=O) groups is 2. The van der Waals surface area contributed by atoms with Crippen LogP contribution in [0.2, 0.25) is 0 Å². The Kier molecular flexibility index (Phi) is 9.69. The minimum atomic E-state index is -0.453. The molecule has 0 aliphatic carbocycles. The van der Waals surface area contributed by atoms with Crippen molar-refractivity contribution < 1.29 is 9.59 Å². The highest BCUT2D eigenvalue weighted by atomic mass is 35.5. The molecule has 0 saturated carbocycles. The summed E-state index contributed by atoms with van der Waals surface area (Å²) in [4.78, 5) is 24.4. The van der Waals surface area contributed by atoms with E-state index in [9.17, 15) is 9.59 Å². The molecule has 0 aromatic heterocycles. The third-order valence-electron chi connectivity index (χ3n) is 3.95. The Bertz CT molecular complexity index is 361. The van der Waals surface area contributed by atoms with Gasteiger partial charge in [-0.2, -0.15) is 0 Å². The van der Waals surface area contributed by atoms with Gasteiger partial charge in [0, 0.05) is 18.5 Å². The molecule has 0 radical (unpaired) electrons. The van der Waals surface area contributed by atoms with Crippen molar-refractivity contribution in [3.8, 4) is 0 Å². The van der Waals surface area contributed by atoms with Crippen LogP contribution in [0.15, 0.2) is 0 Å². The Morgan fingerprint density at radius 3 is 2.36 bits per heavy atom. The number of amides is 2. The maximum atomic E-state index is 12.5. The van der Waals surface area contributed by atoms with Crippen molar-refractivity contribution >= 4 is 24.2 Å². The zero-order valence-electron chi connectivity index (χ0n) is 14.4. The van der Waals surface area contributed by atoms with Crippen LogP contribution in [0.5, 0.6) is 0 Å². The van der Waals surface area contributed by atoms with Crippen molar-refractivity contribution in [1.29, 1.82) is 0 Å². The van der Waals surface area contributed by atoms with Gasteiger partial charge >= 0.3 is 0 Å². The Morgan fingerprint density at radius 2 is 1.86 bits per heavy atom. The first-order valence-corrected chi connectivity index (χ1v) is 8.14. The lowest BCUT2D eigenvalue weighted by Crippen LogP contribution is -2.57. The van der Waals surface area contributed by atoms with Gasteiger partial charge in [-0.3, -0.25) is 9.59 Å². The number of carbonyl (C=O) groups excluding carboxylic acids is 2. The lowest BCUT2D eigenvalue weighted by molar-refractivity contribution is -0.131. The third-order valence-corrected chi connectivity index (χ3v) is 3.95. The second kappa shape index (κ2) is 10.1. The van der Waals surface area contributed by atoms with Crippen LogP contribution >= 0.6 is 12.4 Å². The largest absolute Gasteiger partial charge is 0.350 e. The lowest BCUT2D eigenvalue weighted by atomic mass is 9.97. The molecule has 1 saturated heterocycles. The molecule has 1 rings (SSSR count).